The van der Waals surface area contributed by atoms with Gasteiger partial charge in [0.15, 0.2) is 0 Å². The number of hydrogen-bond acceptors (Lipinski definition) is 9. The summed E-state index contributed by atoms with van der Waals surface area (Å²) in [6, 6.07) is 5.89. The van der Waals surface area contributed by atoms with Crippen molar-refractivity contribution >= 4 is 23.6 Å². The molecule has 0 radical (unpaired) electrons. The van der Waals surface area contributed by atoms with Crippen LogP contribution >= 0.6 is 0 Å². The Labute approximate surface area is 191 Å². The molecule has 0 spiro atoms. The minimum Gasteiger partial charge on any atom is -0.494 e. The number of nitrogens with zero attached hydrogens (tertiary/aromatic N) is 6. The van der Waals surface area contributed by atoms with Crippen LogP contribution in [-0.2, 0) is 4.79 Å². The number of anilines is 3. The molecule has 11 nitrogen and oxygen atoms in total. The molecule has 2 aromatic heterocycles. The zero-order valence-corrected chi connectivity index (χ0v) is 18.9. The van der Waals surface area contributed by atoms with Crippen LogP contribution < -0.4 is 19.7 Å². The second-order valence-electron chi connectivity index (χ2n) is 7.91. The normalized spacial score (nSPS) is 14.2. The Morgan fingerprint density at radius 1 is 1.18 bits per heavy atom. The highest BCUT2D eigenvalue weighted by Crippen LogP contribution is 2.29. The van der Waals surface area contributed by atoms with Crippen LogP contribution in [0.4, 0.5) is 17.6 Å². The molecular formula is C22H27N7O4. The standard InChI is InChI=1S/C22H27N7O4/c1-14-12-29(13-23-14)17-5-4-16(11-18(17)32-2)24-20-25-21(27-22(26-20)33-3)28-8-6-15(7-9-28)10-19(30)31/h4-5,11-13,15H,6-10H2,1-3H3,(H,30,31)(H,24,25,26,27). The number of nitrogens with one attached hydrogen (secondary N) is 1. The minimum atomic E-state index is -0.758. The molecule has 33 heavy (non-hydrogen) atoms. The van der Waals surface area contributed by atoms with Gasteiger partial charge in [-0.05, 0) is 37.8 Å². The van der Waals surface area contributed by atoms with Crippen molar-refractivity contribution in [1.82, 2.24) is 24.5 Å². The van der Waals surface area contributed by atoms with Gasteiger partial charge in [-0.25, -0.2) is 4.98 Å². The number of aliphatic carboxylic acids is 1. The van der Waals surface area contributed by atoms with Gasteiger partial charge in [0.25, 0.3) is 0 Å². The highest BCUT2D eigenvalue weighted by atomic mass is 16.5. The first-order valence-corrected chi connectivity index (χ1v) is 10.7. The van der Waals surface area contributed by atoms with Gasteiger partial charge in [-0.2, -0.15) is 15.0 Å². The first kappa shape index (κ1) is 22.3. The molecule has 0 aliphatic carbocycles. The number of carboxylic acids is 1. The van der Waals surface area contributed by atoms with Gasteiger partial charge in [0.1, 0.15) is 5.75 Å². The van der Waals surface area contributed by atoms with E-state index < -0.39 is 5.97 Å². The molecule has 1 aliphatic rings. The maximum absolute atomic E-state index is 11.0. The van der Waals surface area contributed by atoms with E-state index in [1.165, 1.54) is 7.11 Å². The van der Waals surface area contributed by atoms with Gasteiger partial charge >= 0.3 is 12.0 Å². The summed E-state index contributed by atoms with van der Waals surface area (Å²) in [5, 5.41) is 12.2. The molecule has 0 unspecified atom stereocenters. The quantitative estimate of drug-likeness (QED) is 0.525. The molecule has 11 heteroatoms. The fraction of sp³-hybridized carbons (Fsp3) is 0.409. The van der Waals surface area contributed by atoms with Crippen LogP contribution in [0.15, 0.2) is 30.7 Å². The lowest BCUT2D eigenvalue weighted by Gasteiger charge is -2.31. The van der Waals surface area contributed by atoms with E-state index in [0.29, 0.717) is 30.7 Å². The lowest BCUT2D eigenvalue weighted by atomic mass is 9.94. The van der Waals surface area contributed by atoms with E-state index in [1.54, 1.807) is 13.4 Å². The molecule has 174 valence electrons. The SMILES string of the molecule is COc1nc(Nc2ccc(-n3cnc(C)c3)c(OC)c2)nc(N2CCC(CC(=O)O)CC2)n1. The van der Waals surface area contributed by atoms with Crippen molar-refractivity contribution in [2.75, 3.05) is 37.5 Å². The van der Waals surface area contributed by atoms with Crippen molar-refractivity contribution in [2.24, 2.45) is 5.92 Å². The summed E-state index contributed by atoms with van der Waals surface area (Å²) in [5.74, 6) is 0.921. The number of carboxylic acid groups (broad SMARTS) is 1. The first-order valence-electron chi connectivity index (χ1n) is 10.7. The summed E-state index contributed by atoms with van der Waals surface area (Å²) in [6.45, 7) is 3.29. The second-order valence-corrected chi connectivity index (χ2v) is 7.91. The van der Waals surface area contributed by atoms with Crippen LogP contribution in [-0.4, -0.2) is 62.9 Å². The fourth-order valence-electron chi connectivity index (χ4n) is 3.87. The van der Waals surface area contributed by atoms with E-state index in [2.05, 4.69) is 25.3 Å². The van der Waals surface area contributed by atoms with Crippen LogP contribution in [0.25, 0.3) is 5.69 Å². The predicted octanol–water partition coefficient (Wildman–Crippen LogP) is 2.82. The van der Waals surface area contributed by atoms with Crippen molar-refractivity contribution in [1.29, 1.82) is 0 Å². The van der Waals surface area contributed by atoms with Gasteiger partial charge in [-0.15, -0.1) is 0 Å². The molecule has 2 N–H and O–H groups in total. The average molecular weight is 454 g/mol. The zero-order chi connectivity index (χ0) is 23.4. The van der Waals surface area contributed by atoms with E-state index in [0.717, 1.165) is 29.9 Å². The van der Waals surface area contributed by atoms with Crippen LogP contribution in [0.1, 0.15) is 25.0 Å². The molecule has 1 fully saturated rings. The Balaban J connectivity index is 1.53. The van der Waals surface area contributed by atoms with Crippen molar-refractivity contribution < 1.29 is 19.4 Å². The highest BCUT2D eigenvalue weighted by Gasteiger charge is 2.24. The zero-order valence-electron chi connectivity index (χ0n) is 18.9. The van der Waals surface area contributed by atoms with Crippen LogP contribution in [0.3, 0.4) is 0 Å². The Hall–Kier alpha value is -3.89. The summed E-state index contributed by atoms with van der Waals surface area (Å²) in [4.78, 5) is 30.5. The summed E-state index contributed by atoms with van der Waals surface area (Å²) in [5.41, 5.74) is 2.52. The minimum absolute atomic E-state index is 0.172. The predicted molar refractivity (Wildman–Crippen MR) is 122 cm³/mol. The summed E-state index contributed by atoms with van der Waals surface area (Å²) >= 11 is 0. The summed E-state index contributed by atoms with van der Waals surface area (Å²) < 4.78 is 12.8. The Morgan fingerprint density at radius 3 is 2.61 bits per heavy atom. The Bertz CT molecular complexity index is 1130. The summed E-state index contributed by atoms with van der Waals surface area (Å²) in [7, 11) is 3.12. The van der Waals surface area contributed by atoms with Crippen molar-refractivity contribution in [2.45, 2.75) is 26.2 Å². The van der Waals surface area contributed by atoms with Gasteiger partial charge in [0, 0.05) is 37.5 Å². The topological polar surface area (TPSA) is 128 Å². The lowest BCUT2D eigenvalue weighted by Crippen LogP contribution is -2.35. The number of piperidine rings is 1. The number of ether oxygens (including phenoxy) is 2. The number of hydrogen-bond donors (Lipinski definition) is 2. The van der Waals surface area contributed by atoms with Gasteiger partial charge < -0.3 is 29.4 Å². The maximum atomic E-state index is 11.0. The van der Waals surface area contributed by atoms with E-state index in [4.69, 9.17) is 14.6 Å². The van der Waals surface area contributed by atoms with E-state index >= 15 is 0 Å². The molecule has 4 rings (SSSR count). The number of aromatic nitrogens is 5. The molecule has 1 saturated heterocycles. The molecule has 0 bridgehead atoms. The second kappa shape index (κ2) is 9.72. The first-order chi connectivity index (χ1) is 15.9. The molecular weight excluding hydrogens is 426 g/mol. The van der Waals surface area contributed by atoms with Crippen molar-refractivity contribution in [3.63, 3.8) is 0 Å². The monoisotopic (exact) mass is 453 g/mol. The molecule has 1 aromatic carbocycles. The number of rotatable bonds is 8. The maximum Gasteiger partial charge on any atom is 0.322 e. The van der Waals surface area contributed by atoms with Crippen LogP contribution in [0.5, 0.6) is 11.8 Å². The third kappa shape index (κ3) is 5.30. The largest absolute Gasteiger partial charge is 0.494 e. The van der Waals surface area contributed by atoms with Gasteiger partial charge in [0.05, 0.1) is 31.9 Å². The number of aryl methyl sites for hydroxylation is 1. The molecule has 0 atom stereocenters. The smallest absolute Gasteiger partial charge is 0.322 e. The number of methoxy groups -OCH3 is 2. The Morgan fingerprint density at radius 2 is 1.97 bits per heavy atom. The third-order valence-electron chi connectivity index (χ3n) is 5.57. The molecule has 0 saturated carbocycles. The van der Waals surface area contributed by atoms with Gasteiger partial charge in [0.2, 0.25) is 11.9 Å². The fourth-order valence-corrected chi connectivity index (χ4v) is 3.87. The Kier molecular flexibility index (Phi) is 6.57. The molecule has 0 amide bonds. The molecule has 3 heterocycles. The van der Waals surface area contributed by atoms with E-state index in [1.807, 2.05) is 40.8 Å². The van der Waals surface area contributed by atoms with Crippen LogP contribution in [0.2, 0.25) is 0 Å². The molecule has 1 aliphatic heterocycles. The number of imidazole rings is 1. The van der Waals surface area contributed by atoms with Gasteiger partial charge in [-0.1, -0.05) is 0 Å². The van der Waals surface area contributed by atoms with Crippen LogP contribution in [0, 0.1) is 12.8 Å². The highest BCUT2D eigenvalue weighted by molar-refractivity contribution is 5.67. The lowest BCUT2D eigenvalue weighted by molar-refractivity contribution is -0.138. The number of carbonyl (C=O) groups is 1. The van der Waals surface area contributed by atoms with Crippen molar-refractivity contribution in [3.05, 3.63) is 36.4 Å². The van der Waals surface area contributed by atoms with E-state index in [9.17, 15) is 4.79 Å². The third-order valence-corrected chi connectivity index (χ3v) is 5.57. The van der Waals surface area contributed by atoms with Crippen molar-refractivity contribution in [3.8, 4) is 17.4 Å². The van der Waals surface area contributed by atoms with E-state index in [-0.39, 0.29) is 18.3 Å². The van der Waals surface area contributed by atoms with Gasteiger partial charge in [-0.3, -0.25) is 4.79 Å². The molecule has 3 aromatic rings. The average Bonchev–Trinajstić information content (AvgIpc) is 3.24. The summed E-state index contributed by atoms with van der Waals surface area (Å²) in [6.07, 6.45) is 5.40. The number of benzene rings is 1.